The van der Waals surface area contributed by atoms with E-state index in [1.165, 1.54) is 24.3 Å². The van der Waals surface area contributed by atoms with Crippen LogP contribution in [0.25, 0.3) is 0 Å². The summed E-state index contributed by atoms with van der Waals surface area (Å²) in [4.78, 5) is 11.0. The number of nitrogen functional groups attached to an aromatic ring is 1. The zero-order chi connectivity index (χ0) is 10.8. The van der Waals surface area contributed by atoms with Crippen LogP contribution in [0, 0.1) is 0 Å². The van der Waals surface area contributed by atoms with E-state index in [0.717, 1.165) is 0 Å². The van der Waals surface area contributed by atoms with Crippen molar-refractivity contribution in [1.29, 1.82) is 0 Å². The van der Waals surface area contributed by atoms with Gasteiger partial charge in [-0.3, -0.25) is 0 Å². The molecule has 0 saturated heterocycles. The summed E-state index contributed by atoms with van der Waals surface area (Å²) in [6.45, 7) is -0.919. The number of hydrogen-bond donors (Lipinski definition) is 3. The molecule has 0 aliphatic rings. The summed E-state index contributed by atoms with van der Waals surface area (Å²) in [5.74, 6) is 0. The fraction of sp³-hybridized carbons (Fsp3) is 0.125. The standard InChI is InChI=1S/C8H10AsNO4/c10-7-3-1-6(2-4-7)9(13,14)8(12)5-11/h1-4,11H,5,10H2,(H,13,14). The van der Waals surface area contributed by atoms with Crippen molar-refractivity contribution in [3.63, 3.8) is 0 Å². The Kier molecular flexibility index (Phi) is 3.16. The minimum absolute atomic E-state index is 0.0383. The van der Waals surface area contributed by atoms with E-state index in [2.05, 4.69) is 0 Å². The Bertz CT molecular complexity index is 387. The topological polar surface area (TPSA) is 101 Å². The van der Waals surface area contributed by atoms with Crippen LogP contribution in [0.5, 0.6) is 0 Å². The molecule has 0 bridgehead atoms. The van der Waals surface area contributed by atoms with Gasteiger partial charge in [0.15, 0.2) is 0 Å². The van der Waals surface area contributed by atoms with Gasteiger partial charge < -0.3 is 0 Å². The quantitative estimate of drug-likeness (QED) is 0.450. The molecule has 1 aromatic carbocycles. The first-order valence-corrected chi connectivity index (χ1v) is 7.30. The van der Waals surface area contributed by atoms with Gasteiger partial charge in [0.25, 0.3) is 0 Å². The van der Waals surface area contributed by atoms with Gasteiger partial charge in [-0.25, -0.2) is 0 Å². The Balaban J connectivity index is 3.10. The van der Waals surface area contributed by atoms with Gasteiger partial charge in [-0.1, -0.05) is 0 Å². The second-order valence-electron chi connectivity index (χ2n) is 2.72. The fourth-order valence-electron chi connectivity index (χ4n) is 0.916. The third-order valence-electron chi connectivity index (χ3n) is 1.72. The van der Waals surface area contributed by atoms with Crippen LogP contribution in [-0.2, 0) is 8.53 Å². The molecule has 0 aliphatic heterocycles. The molecule has 0 heterocycles. The number of anilines is 1. The zero-order valence-electron chi connectivity index (χ0n) is 7.25. The Hall–Kier alpha value is -1.03. The van der Waals surface area contributed by atoms with Gasteiger partial charge in [-0.05, 0) is 0 Å². The summed E-state index contributed by atoms with van der Waals surface area (Å²) in [6.07, 6.45) is 0. The van der Waals surface area contributed by atoms with E-state index in [1.807, 2.05) is 0 Å². The molecule has 0 saturated carbocycles. The molecular formula is C8H10AsNO4. The number of benzene rings is 1. The molecule has 0 amide bonds. The van der Waals surface area contributed by atoms with Gasteiger partial charge in [0.1, 0.15) is 0 Å². The predicted molar refractivity (Wildman–Crippen MR) is 51.2 cm³/mol. The molecule has 1 atom stereocenters. The Morgan fingerprint density at radius 2 is 1.86 bits per heavy atom. The van der Waals surface area contributed by atoms with Crippen LogP contribution in [0.2, 0.25) is 0 Å². The van der Waals surface area contributed by atoms with Crippen molar-refractivity contribution in [2.75, 3.05) is 12.3 Å². The maximum absolute atomic E-state index is 11.5. The van der Waals surface area contributed by atoms with E-state index in [9.17, 15) is 12.6 Å². The number of rotatable bonds is 3. The van der Waals surface area contributed by atoms with Crippen molar-refractivity contribution in [3.8, 4) is 0 Å². The summed E-state index contributed by atoms with van der Waals surface area (Å²) < 4.78 is 20.0. The monoisotopic (exact) mass is 259 g/mol. The molecule has 6 heteroatoms. The van der Waals surface area contributed by atoms with Crippen LogP contribution in [0.1, 0.15) is 0 Å². The van der Waals surface area contributed by atoms with Gasteiger partial charge in [0.05, 0.1) is 0 Å². The Labute approximate surface area is 83.2 Å². The van der Waals surface area contributed by atoms with Crippen molar-refractivity contribution in [1.82, 2.24) is 0 Å². The van der Waals surface area contributed by atoms with Gasteiger partial charge in [-0.15, -0.1) is 0 Å². The molecule has 0 radical (unpaired) electrons. The molecule has 14 heavy (non-hydrogen) atoms. The predicted octanol–water partition coefficient (Wildman–Crippen LogP) is -1.56. The van der Waals surface area contributed by atoms with E-state index in [0.29, 0.717) is 5.69 Å². The van der Waals surface area contributed by atoms with E-state index in [4.69, 9.17) is 10.8 Å². The normalized spacial score (nSPS) is 14.7. The number of nitrogens with two attached hydrogens (primary N) is 1. The number of carbonyl (C=O) groups is 1. The second kappa shape index (κ2) is 4.00. The first-order valence-electron chi connectivity index (χ1n) is 3.81. The molecule has 5 nitrogen and oxygen atoms in total. The van der Waals surface area contributed by atoms with Crippen molar-refractivity contribution < 1.29 is 17.7 Å². The number of carbonyl (C=O) groups excluding carboxylic acids is 1. The van der Waals surface area contributed by atoms with Crippen molar-refractivity contribution in [3.05, 3.63) is 24.3 Å². The first kappa shape index (κ1) is 11.0. The van der Waals surface area contributed by atoms with Crippen molar-refractivity contribution >= 4 is 28.4 Å². The number of hydrogen-bond acceptors (Lipinski definition) is 4. The fourth-order valence-corrected chi connectivity index (χ4v) is 3.08. The molecule has 0 spiro atoms. The van der Waals surface area contributed by atoms with Crippen molar-refractivity contribution in [2.24, 2.45) is 0 Å². The molecular weight excluding hydrogens is 249 g/mol. The van der Waals surface area contributed by atoms with E-state index < -0.39 is 25.0 Å². The van der Waals surface area contributed by atoms with Crippen LogP contribution in [0.15, 0.2) is 24.3 Å². The van der Waals surface area contributed by atoms with Crippen LogP contribution in [0.4, 0.5) is 5.69 Å². The van der Waals surface area contributed by atoms with E-state index in [-0.39, 0.29) is 4.35 Å². The summed E-state index contributed by atoms with van der Waals surface area (Å²) in [7, 11) is 0. The second-order valence-corrected chi connectivity index (χ2v) is 7.27. The molecule has 1 unspecified atom stereocenters. The third kappa shape index (κ3) is 2.07. The van der Waals surface area contributed by atoms with E-state index in [1.54, 1.807) is 0 Å². The maximum atomic E-state index is 11.5. The van der Waals surface area contributed by atoms with Crippen LogP contribution in [-0.4, -0.2) is 34.2 Å². The molecule has 1 aromatic rings. The Morgan fingerprint density at radius 1 is 1.36 bits per heavy atom. The van der Waals surface area contributed by atoms with Gasteiger partial charge >= 0.3 is 82.8 Å². The summed E-state index contributed by atoms with van der Waals surface area (Å²) in [6, 6.07) is 5.51. The molecule has 76 valence electrons. The van der Waals surface area contributed by atoms with Gasteiger partial charge in [0, 0.05) is 0 Å². The Morgan fingerprint density at radius 3 is 2.29 bits per heavy atom. The zero-order valence-corrected chi connectivity index (χ0v) is 9.13. The van der Waals surface area contributed by atoms with Crippen LogP contribution in [0.3, 0.4) is 0 Å². The number of aliphatic hydroxyl groups is 1. The summed E-state index contributed by atoms with van der Waals surface area (Å²) >= 11 is -4.76. The molecule has 0 aromatic heterocycles. The molecule has 0 fully saturated rings. The average molecular weight is 259 g/mol. The summed E-state index contributed by atoms with van der Waals surface area (Å²) in [5, 5.41) is 8.50. The van der Waals surface area contributed by atoms with Crippen LogP contribution >= 0.6 is 0 Å². The van der Waals surface area contributed by atoms with Gasteiger partial charge in [0.2, 0.25) is 0 Å². The minimum atomic E-state index is -4.76. The van der Waals surface area contributed by atoms with Gasteiger partial charge in [-0.2, -0.15) is 0 Å². The van der Waals surface area contributed by atoms with Crippen LogP contribution < -0.4 is 10.1 Å². The number of aliphatic hydroxyl groups excluding tert-OH is 1. The SMILES string of the molecule is Nc1ccc([As](=O)(O)C(=O)CO)cc1. The van der Waals surface area contributed by atoms with E-state index >= 15 is 0 Å². The molecule has 4 N–H and O–H groups in total. The van der Waals surface area contributed by atoms with Crippen molar-refractivity contribution in [2.45, 2.75) is 0 Å². The summed E-state index contributed by atoms with van der Waals surface area (Å²) in [5.41, 5.74) is 5.82. The third-order valence-corrected chi connectivity index (χ3v) is 5.53. The molecule has 0 aliphatic carbocycles. The first-order chi connectivity index (χ1) is 6.48. The molecule has 1 rings (SSSR count). The average Bonchev–Trinajstić information content (AvgIpc) is 2.17.